The number of halogens is 1. The van der Waals surface area contributed by atoms with E-state index < -0.39 is 0 Å². The molecule has 0 bridgehead atoms. The minimum atomic E-state index is 0.00866. The van der Waals surface area contributed by atoms with Crippen molar-refractivity contribution < 1.29 is 9.59 Å². The van der Waals surface area contributed by atoms with E-state index in [0.717, 1.165) is 44.9 Å². The molecule has 0 radical (unpaired) electrons. The topological polar surface area (TPSA) is 34.1 Å². The van der Waals surface area contributed by atoms with Crippen LogP contribution in [0.25, 0.3) is 0 Å². The lowest BCUT2D eigenvalue weighted by Crippen LogP contribution is -2.50. The van der Waals surface area contributed by atoms with Crippen LogP contribution in [0, 0.1) is 29.6 Å². The number of carbonyl (C=O) groups is 2. The number of carbonyl (C=O) groups excluding carboxylic acids is 2. The number of hydrogen-bond donors (Lipinski definition) is 0. The van der Waals surface area contributed by atoms with Crippen molar-refractivity contribution >= 4 is 23.2 Å². The summed E-state index contributed by atoms with van der Waals surface area (Å²) in [6, 6.07) is 0. The molecule has 0 saturated heterocycles. The summed E-state index contributed by atoms with van der Waals surface area (Å²) < 4.78 is 0. The van der Waals surface area contributed by atoms with Gasteiger partial charge < -0.3 is 0 Å². The van der Waals surface area contributed by atoms with Gasteiger partial charge in [-0.05, 0) is 38.0 Å². The first-order chi connectivity index (χ1) is 8.72. The zero-order chi connectivity index (χ0) is 12.7. The first kappa shape index (κ1) is 12.7. The van der Waals surface area contributed by atoms with Crippen molar-refractivity contribution in [1.82, 2.24) is 0 Å². The van der Waals surface area contributed by atoms with Crippen LogP contribution >= 0.6 is 11.6 Å². The third kappa shape index (κ3) is 1.93. The van der Waals surface area contributed by atoms with E-state index in [2.05, 4.69) is 0 Å². The second-order valence-corrected chi connectivity index (χ2v) is 6.66. The zero-order valence-corrected chi connectivity index (χ0v) is 11.5. The standard InChI is InChI=1S/C15H21ClO2/c16-8-9-5-6-12-13(7-9)15(18)11-4-2-1-3-10(11)14(12)17/h9-13H,1-8H2. The van der Waals surface area contributed by atoms with Crippen molar-refractivity contribution in [1.29, 1.82) is 0 Å². The Morgan fingerprint density at radius 1 is 0.833 bits per heavy atom. The highest BCUT2D eigenvalue weighted by Crippen LogP contribution is 2.47. The van der Waals surface area contributed by atoms with E-state index in [0.29, 0.717) is 23.4 Å². The van der Waals surface area contributed by atoms with Crippen molar-refractivity contribution in [3.8, 4) is 0 Å². The summed E-state index contributed by atoms with van der Waals surface area (Å²) in [5.74, 6) is 2.08. The zero-order valence-electron chi connectivity index (χ0n) is 10.7. The quantitative estimate of drug-likeness (QED) is 0.685. The average Bonchev–Trinajstić information content (AvgIpc) is 2.44. The largest absolute Gasteiger partial charge is 0.299 e. The Hall–Kier alpha value is -0.370. The maximum atomic E-state index is 12.6. The van der Waals surface area contributed by atoms with Crippen molar-refractivity contribution in [2.24, 2.45) is 29.6 Å². The minimum absolute atomic E-state index is 0.00866. The Morgan fingerprint density at radius 3 is 2.00 bits per heavy atom. The predicted molar refractivity (Wildman–Crippen MR) is 70.5 cm³/mol. The van der Waals surface area contributed by atoms with Gasteiger partial charge in [0, 0.05) is 29.6 Å². The van der Waals surface area contributed by atoms with E-state index in [4.69, 9.17) is 11.6 Å². The molecule has 3 aliphatic rings. The van der Waals surface area contributed by atoms with Gasteiger partial charge in [-0.1, -0.05) is 12.8 Å². The highest BCUT2D eigenvalue weighted by Gasteiger charge is 2.51. The van der Waals surface area contributed by atoms with Crippen molar-refractivity contribution in [3.63, 3.8) is 0 Å². The van der Waals surface area contributed by atoms with E-state index >= 15 is 0 Å². The Bertz CT molecular complexity index is 366. The second-order valence-electron chi connectivity index (χ2n) is 6.35. The number of hydrogen-bond acceptors (Lipinski definition) is 2. The van der Waals surface area contributed by atoms with Gasteiger partial charge in [0.25, 0.3) is 0 Å². The molecular formula is C15H21ClO2. The van der Waals surface area contributed by atoms with Crippen LogP contribution in [0.2, 0.25) is 0 Å². The molecule has 3 fully saturated rings. The van der Waals surface area contributed by atoms with Gasteiger partial charge in [0.15, 0.2) is 0 Å². The summed E-state index contributed by atoms with van der Waals surface area (Å²) in [4.78, 5) is 25.2. The summed E-state index contributed by atoms with van der Waals surface area (Å²) in [5.41, 5.74) is 0. The van der Waals surface area contributed by atoms with E-state index in [1.807, 2.05) is 0 Å². The lowest BCUT2D eigenvalue weighted by atomic mass is 9.57. The molecule has 0 heterocycles. The monoisotopic (exact) mass is 268 g/mol. The second kappa shape index (κ2) is 4.96. The molecule has 0 spiro atoms. The lowest BCUT2D eigenvalue weighted by molar-refractivity contribution is -0.151. The smallest absolute Gasteiger partial charge is 0.140 e. The van der Waals surface area contributed by atoms with E-state index in [9.17, 15) is 9.59 Å². The Morgan fingerprint density at radius 2 is 1.39 bits per heavy atom. The van der Waals surface area contributed by atoms with E-state index in [-0.39, 0.29) is 23.7 Å². The molecule has 3 rings (SSSR count). The third-order valence-corrected chi connectivity index (χ3v) is 5.84. The maximum Gasteiger partial charge on any atom is 0.140 e. The Labute approximate surface area is 113 Å². The highest BCUT2D eigenvalue weighted by molar-refractivity contribution is 6.18. The van der Waals surface area contributed by atoms with Gasteiger partial charge in [-0.25, -0.2) is 0 Å². The molecule has 3 saturated carbocycles. The number of ketones is 2. The number of alkyl halides is 1. The van der Waals surface area contributed by atoms with Gasteiger partial charge in [-0.15, -0.1) is 11.6 Å². The fourth-order valence-corrected chi connectivity index (χ4v) is 4.70. The van der Waals surface area contributed by atoms with Gasteiger partial charge in [0.05, 0.1) is 0 Å². The Kier molecular flexibility index (Phi) is 3.48. The summed E-state index contributed by atoms with van der Waals surface area (Å²) in [6.45, 7) is 0. The van der Waals surface area contributed by atoms with Crippen LogP contribution in [0.15, 0.2) is 0 Å². The van der Waals surface area contributed by atoms with Gasteiger partial charge in [0.1, 0.15) is 11.6 Å². The molecule has 0 aliphatic heterocycles. The fourth-order valence-electron chi connectivity index (χ4n) is 4.41. The summed E-state index contributed by atoms with van der Waals surface area (Å²) in [5, 5.41) is 0. The molecule has 0 aromatic rings. The number of Topliss-reactive ketones (excluding diaryl/α,β-unsaturated/α-hetero) is 2. The molecule has 18 heavy (non-hydrogen) atoms. The van der Waals surface area contributed by atoms with Crippen molar-refractivity contribution in [2.45, 2.75) is 44.9 Å². The molecule has 0 N–H and O–H groups in total. The molecule has 3 aliphatic carbocycles. The lowest BCUT2D eigenvalue weighted by Gasteiger charge is -2.44. The van der Waals surface area contributed by atoms with Crippen LogP contribution in [0.4, 0.5) is 0 Å². The van der Waals surface area contributed by atoms with Crippen LogP contribution in [0.1, 0.15) is 44.9 Å². The summed E-state index contributed by atoms with van der Waals surface area (Å²) in [6.07, 6.45) is 6.94. The van der Waals surface area contributed by atoms with E-state index in [1.165, 1.54) is 0 Å². The SMILES string of the molecule is O=C1C2CCCCC2C(=O)C2CC(CCl)CCC12. The van der Waals surface area contributed by atoms with Crippen molar-refractivity contribution in [2.75, 3.05) is 5.88 Å². The van der Waals surface area contributed by atoms with Gasteiger partial charge in [-0.2, -0.15) is 0 Å². The molecule has 100 valence electrons. The first-order valence-corrected chi connectivity index (χ1v) is 7.89. The third-order valence-electron chi connectivity index (χ3n) is 5.40. The van der Waals surface area contributed by atoms with Crippen molar-refractivity contribution in [3.05, 3.63) is 0 Å². The minimum Gasteiger partial charge on any atom is -0.299 e. The van der Waals surface area contributed by atoms with Gasteiger partial charge in [0.2, 0.25) is 0 Å². The molecular weight excluding hydrogens is 248 g/mol. The van der Waals surface area contributed by atoms with Crippen LogP contribution in [-0.2, 0) is 9.59 Å². The summed E-state index contributed by atoms with van der Waals surface area (Å²) in [7, 11) is 0. The van der Waals surface area contributed by atoms with Crippen LogP contribution in [0.5, 0.6) is 0 Å². The van der Waals surface area contributed by atoms with Crippen LogP contribution in [0.3, 0.4) is 0 Å². The number of fused-ring (bicyclic) bond motifs is 2. The molecule has 5 atom stereocenters. The first-order valence-electron chi connectivity index (χ1n) is 7.35. The Balaban J connectivity index is 1.84. The predicted octanol–water partition coefficient (Wildman–Crippen LogP) is 3.22. The molecule has 0 aromatic heterocycles. The number of rotatable bonds is 1. The summed E-state index contributed by atoms with van der Waals surface area (Å²) >= 11 is 5.94. The maximum absolute atomic E-state index is 12.6. The fraction of sp³-hybridized carbons (Fsp3) is 0.867. The van der Waals surface area contributed by atoms with E-state index in [1.54, 1.807) is 0 Å². The highest BCUT2D eigenvalue weighted by atomic mass is 35.5. The average molecular weight is 269 g/mol. The molecule has 0 aromatic carbocycles. The van der Waals surface area contributed by atoms with Crippen LogP contribution < -0.4 is 0 Å². The normalized spacial score (nSPS) is 44.4. The van der Waals surface area contributed by atoms with Gasteiger partial charge in [-0.3, -0.25) is 9.59 Å². The molecule has 2 nitrogen and oxygen atoms in total. The molecule has 3 heteroatoms. The molecule has 0 amide bonds. The van der Waals surface area contributed by atoms with Crippen LogP contribution in [-0.4, -0.2) is 17.4 Å². The molecule has 5 unspecified atom stereocenters. The van der Waals surface area contributed by atoms with Gasteiger partial charge >= 0.3 is 0 Å².